The van der Waals surface area contributed by atoms with Crippen LogP contribution in [0.3, 0.4) is 0 Å². The van der Waals surface area contributed by atoms with Gasteiger partial charge in [0.1, 0.15) is 16.7 Å². The second kappa shape index (κ2) is 8.67. The Bertz CT molecular complexity index is 1120. The van der Waals surface area contributed by atoms with Crippen molar-refractivity contribution in [1.29, 1.82) is 5.26 Å². The van der Waals surface area contributed by atoms with Crippen LogP contribution in [0.15, 0.2) is 60.8 Å². The van der Waals surface area contributed by atoms with Crippen molar-refractivity contribution >= 4 is 21.6 Å². The van der Waals surface area contributed by atoms with Gasteiger partial charge >= 0.3 is 6.01 Å². The van der Waals surface area contributed by atoms with E-state index in [0.717, 1.165) is 33.0 Å². The smallest absolute Gasteiger partial charge is 0.316 e. The number of benzene rings is 2. The van der Waals surface area contributed by atoms with Crippen molar-refractivity contribution in [1.82, 2.24) is 15.0 Å². The zero-order chi connectivity index (χ0) is 20.1. The van der Waals surface area contributed by atoms with Gasteiger partial charge < -0.3 is 9.47 Å². The zero-order valence-electron chi connectivity index (χ0n) is 15.8. The van der Waals surface area contributed by atoms with Crippen LogP contribution in [0.4, 0.5) is 0 Å². The third-order valence-corrected chi connectivity index (χ3v) is 5.52. The van der Waals surface area contributed by atoms with Crippen LogP contribution in [0.5, 0.6) is 11.8 Å². The first kappa shape index (κ1) is 18.8. The molecule has 1 unspecified atom stereocenters. The fourth-order valence-electron chi connectivity index (χ4n) is 2.90. The van der Waals surface area contributed by atoms with Gasteiger partial charge in [-0.1, -0.05) is 24.3 Å². The molecule has 0 aliphatic carbocycles. The van der Waals surface area contributed by atoms with Crippen LogP contribution < -0.4 is 9.47 Å². The van der Waals surface area contributed by atoms with E-state index in [1.54, 1.807) is 19.4 Å². The number of hydrogen-bond donors (Lipinski definition) is 0. The van der Waals surface area contributed by atoms with E-state index in [9.17, 15) is 5.26 Å². The van der Waals surface area contributed by atoms with E-state index >= 15 is 0 Å². The van der Waals surface area contributed by atoms with Crippen molar-refractivity contribution in [3.8, 4) is 17.8 Å². The van der Waals surface area contributed by atoms with Crippen molar-refractivity contribution in [3.63, 3.8) is 0 Å². The fourth-order valence-corrected chi connectivity index (χ4v) is 3.92. The molecule has 0 saturated heterocycles. The zero-order valence-corrected chi connectivity index (χ0v) is 16.6. The van der Waals surface area contributed by atoms with Gasteiger partial charge in [0, 0.05) is 12.6 Å². The molecule has 7 heteroatoms. The summed E-state index contributed by atoms with van der Waals surface area (Å²) in [5.41, 5.74) is 2.60. The molecule has 144 valence electrons. The summed E-state index contributed by atoms with van der Waals surface area (Å²) in [6, 6.07) is 20.0. The SMILES string of the molecule is COc1ccc(CCOc2nccc(C(C#N)c3nc4ccccc4s3)n2)cc1. The molecule has 1 atom stereocenters. The fraction of sp³-hybridized carbons (Fsp3) is 0.182. The maximum Gasteiger partial charge on any atom is 0.316 e. The average Bonchev–Trinajstić information content (AvgIpc) is 3.19. The molecule has 0 fully saturated rings. The predicted molar refractivity (Wildman–Crippen MR) is 111 cm³/mol. The van der Waals surface area contributed by atoms with Crippen molar-refractivity contribution in [2.45, 2.75) is 12.3 Å². The Balaban J connectivity index is 1.46. The van der Waals surface area contributed by atoms with E-state index in [0.29, 0.717) is 12.3 Å². The van der Waals surface area contributed by atoms with E-state index in [1.165, 1.54) is 11.3 Å². The predicted octanol–water partition coefficient (Wildman–Crippen LogP) is 4.37. The van der Waals surface area contributed by atoms with Crippen LogP contribution in [-0.4, -0.2) is 28.7 Å². The van der Waals surface area contributed by atoms with Crippen LogP contribution in [0.25, 0.3) is 10.2 Å². The molecule has 0 aliphatic heterocycles. The van der Waals surface area contributed by atoms with Gasteiger partial charge in [-0.2, -0.15) is 10.2 Å². The lowest BCUT2D eigenvalue weighted by molar-refractivity contribution is 0.295. The van der Waals surface area contributed by atoms with Crippen LogP contribution in [0, 0.1) is 11.3 Å². The number of nitriles is 1. The standard InChI is InChI=1S/C22H18N4O2S/c1-27-16-8-6-15(7-9-16)11-13-28-22-24-12-10-18(26-22)17(14-23)21-25-19-4-2-3-5-20(19)29-21/h2-10,12,17H,11,13H2,1H3. The van der Waals surface area contributed by atoms with Crippen LogP contribution >= 0.6 is 11.3 Å². The van der Waals surface area contributed by atoms with Gasteiger partial charge in [-0.05, 0) is 35.9 Å². The Labute approximate surface area is 172 Å². The highest BCUT2D eigenvalue weighted by atomic mass is 32.1. The average molecular weight is 402 g/mol. The molecule has 2 heterocycles. The number of nitrogens with zero attached hydrogens (tertiary/aromatic N) is 4. The first-order valence-corrected chi connectivity index (χ1v) is 9.92. The molecule has 6 nitrogen and oxygen atoms in total. The molecule has 29 heavy (non-hydrogen) atoms. The summed E-state index contributed by atoms with van der Waals surface area (Å²) < 4.78 is 11.9. The molecule has 0 spiro atoms. The van der Waals surface area contributed by atoms with Gasteiger partial charge in [-0.15, -0.1) is 11.3 Å². The molecule has 0 aliphatic rings. The summed E-state index contributed by atoms with van der Waals surface area (Å²) in [5.74, 6) is 0.266. The number of rotatable bonds is 7. The minimum atomic E-state index is -0.556. The Morgan fingerprint density at radius 2 is 1.90 bits per heavy atom. The van der Waals surface area contributed by atoms with Gasteiger partial charge in [0.15, 0.2) is 0 Å². The summed E-state index contributed by atoms with van der Waals surface area (Å²) in [6.07, 6.45) is 2.33. The summed E-state index contributed by atoms with van der Waals surface area (Å²) in [5, 5.41) is 10.4. The number of methoxy groups -OCH3 is 1. The van der Waals surface area contributed by atoms with Crippen molar-refractivity contribution in [3.05, 3.63) is 77.1 Å². The van der Waals surface area contributed by atoms with Gasteiger partial charge in [-0.3, -0.25) is 0 Å². The highest BCUT2D eigenvalue weighted by molar-refractivity contribution is 7.18. The topological polar surface area (TPSA) is 80.9 Å². The van der Waals surface area contributed by atoms with E-state index in [1.807, 2.05) is 48.5 Å². The second-order valence-corrected chi connectivity index (χ2v) is 7.35. The van der Waals surface area contributed by atoms with E-state index in [2.05, 4.69) is 21.0 Å². The normalized spacial score (nSPS) is 11.7. The Morgan fingerprint density at radius 3 is 2.66 bits per heavy atom. The van der Waals surface area contributed by atoms with E-state index in [4.69, 9.17) is 9.47 Å². The minimum Gasteiger partial charge on any atom is -0.497 e. The third kappa shape index (κ3) is 4.33. The van der Waals surface area contributed by atoms with Gasteiger partial charge in [0.05, 0.1) is 35.7 Å². The lowest BCUT2D eigenvalue weighted by atomic mass is 10.1. The number of thiazole rings is 1. The highest BCUT2D eigenvalue weighted by Crippen LogP contribution is 2.30. The van der Waals surface area contributed by atoms with Crippen molar-refractivity contribution < 1.29 is 9.47 Å². The largest absolute Gasteiger partial charge is 0.497 e. The highest BCUT2D eigenvalue weighted by Gasteiger charge is 2.20. The summed E-state index contributed by atoms with van der Waals surface area (Å²) in [4.78, 5) is 13.2. The number of ether oxygens (including phenoxy) is 2. The van der Waals surface area contributed by atoms with Gasteiger partial charge in [-0.25, -0.2) is 9.97 Å². The molecule has 0 N–H and O–H groups in total. The number of hydrogen-bond acceptors (Lipinski definition) is 7. The third-order valence-electron chi connectivity index (χ3n) is 4.42. The van der Waals surface area contributed by atoms with Crippen molar-refractivity contribution in [2.24, 2.45) is 0 Å². The number of fused-ring (bicyclic) bond motifs is 1. The maximum atomic E-state index is 9.72. The van der Waals surface area contributed by atoms with Crippen molar-refractivity contribution in [2.75, 3.05) is 13.7 Å². The van der Waals surface area contributed by atoms with Crippen LogP contribution in [0.2, 0.25) is 0 Å². The Morgan fingerprint density at radius 1 is 1.07 bits per heavy atom. The van der Waals surface area contributed by atoms with Crippen LogP contribution in [-0.2, 0) is 6.42 Å². The summed E-state index contributed by atoms with van der Waals surface area (Å²) in [6.45, 7) is 0.439. The minimum absolute atomic E-state index is 0.261. The van der Waals surface area contributed by atoms with E-state index in [-0.39, 0.29) is 6.01 Å². The molecule has 0 bridgehead atoms. The lowest BCUT2D eigenvalue weighted by Crippen LogP contribution is -2.07. The Kier molecular flexibility index (Phi) is 5.63. The first-order chi connectivity index (χ1) is 14.3. The molecule has 4 rings (SSSR count). The molecule has 4 aromatic rings. The molecule has 2 aromatic carbocycles. The lowest BCUT2D eigenvalue weighted by Gasteiger charge is -2.08. The maximum absolute atomic E-state index is 9.72. The van der Waals surface area contributed by atoms with Crippen LogP contribution in [0.1, 0.15) is 22.2 Å². The number of aromatic nitrogens is 3. The Hall–Kier alpha value is -3.50. The number of para-hydroxylation sites is 1. The first-order valence-electron chi connectivity index (χ1n) is 9.10. The molecule has 0 radical (unpaired) electrons. The molecule has 0 amide bonds. The monoisotopic (exact) mass is 402 g/mol. The van der Waals surface area contributed by atoms with Gasteiger partial charge in [0.2, 0.25) is 0 Å². The molecular weight excluding hydrogens is 384 g/mol. The molecular formula is C22H18N4O2S. The quantitative estimate of drug-likeness (QED) is 0.457. The second-order valence-electron chi connectivity index (χ2n) is 6.29. The van der Waals surface area contributed by atoms with Gasteiger partial charge in [0.25, 0.3) is 0 Å². The summed E-state index contributed by atoms with van der Waals surface area (Å²) in [7, 11) is 1.64. The summed E-state index contributed by atoms with van der Waals surface area (Å²) >= 11 is 1.50. The molecule has 0 saturated carbocycles. The van der Waals surface area contributed by atoms with E-state index < -0.39 is 5.92 Å². The molecule has 2 aromatic heterocycles.